The highest BCUT2D eigenvalue weighted by atomic mass is 16.5. The van der Waals surface area contributed by atoms with Crippen LogP contribution in [0.15, 0.2) is 28.8 Å². The van der Waals surface area contributed by atoms with E-state index in [1.807, 2.05) is 18.2 Å². The highest BCUT2D eigenvalue weighted by Crippen LogP contribution is 2.36. The molecule has 5 heteroatoms. The highest BCUT2D eigenvalue weighted by Gasteiger charge is 2.29. The Morgan fingerprint density at radius 2 is 2.05 bits per heavy atom. The third-order valence-corrected chi connectivity index (χ3v) is 4.42. The molecule has 5 nitrogen and oxygen atoms in total. The molecule has 0 bridgehead atoms. The van der Waals surface area contributed by atoms with E-state index in [0.717, 1.165) is 42.5 Å². The number of hydrogen-bond acceptors (Lipinski definition) is 5. The minimum Gasteiger partial charge on any atom is -0.492 e. The zero-order chi connectivity index (χ0) is 14.1. The fourth-order valence-electron chi connectivity index (χ4n) is 3.20. The molecular formula is C16H19N3O2. The van der Waals surface area contributed by atoms with Gasteiger partial charge in [-0.3, -0.25) is 0 Å². The minimum absolute atomic E-state index is 0.103. The number of hydrogen-bond donors (Lipinski definition) is 1. The van der Waals surface area contributed by atoms with Gasteiger partial charge in [-0.2, -0.15) is 4.98 Å². The number of nitrogens with zero attached hydrogens (tertiary/aromatic N) is 2. The average molecular weight is 285 g/mol. The van der Waals surface area contributed by atoms with E-state index >= 15 is 0 Å². The molecule has 3 heterocycles. The fourth-order valence-corrected chi connectivity index (χ4v) is 3.20. The molecule has 0 spiro atoms. The van der Waals surface area contributed by atoms with E-state index in [9.17, 15) is 0 Å². The molecule has 2 aliphatic rings. The largest absolute Gasteiger partial charge is 0.492 e. The van der Waals surface area contributed by atoms with Gasteiger partial charge in [-0.05, 0) is 37.9 Å². The van der Waals surface area contributed by atoms with Crippen molar-refractivity contribution in [2.75, 3.05) is 19.7 Å². The predicted octanol–water partition coefficient (Wildman–Crippen LogP) is 2.14. The van der Waals surface area contributed by atoms with Gasteiger partial charge in [0.25, 0.3) is 0 Å². The predicted molar refractivity (Wildman–Crippen MR) is 77.4 cm³/mol. The molecular weight excluding hydrogens is 266 g/mol. The molecule has 21 heavy (non-hydrogen) atoms. The van der Waals surface area contributed by atoms with Crippen LogP contribution in [0.25, 0.3) is 0 Å². The monoisotopic (exact) mass is 285 g/mol. The lowest BCUT2D eigenvalue weighted by molar-refractivity contribution is 0.308. The molecule has 1 aromatic heterocycles. The van der Waals surface area contributed by atoms with Gasteiger partial charge in [-0.1, -0.05) is 23.4 Å². The van der Waals surface area contributed by atoms with E-state index in [4.69, 9.17) is 9.26 Å². The standard InChI is InChI=1S/C16H19N3O2/c1-2-4-14-12(3-1)13(10-20-14)16-18-15(21-19-16)9-11-5-7-17-8-6-11/h1-4,11,13,17H,5-10H2. The Hall–Kier alpha value is -1.88. The van der Waals surface area contributed by atoms with Crippen molar-refractivity contribution in [2.24, 2.45) is 5.92 Å². The molecule has 1 fully saturated rings. The second-order valence-corrected chi connectivity index (χ2v) is 5.85. The lowest BCUT2D eigenvalue weighted by Gasteiger charge is -2.20. The molecule has 1 unspecified atom stereocenters. The molecule has 0 aliphatic carbocycles. The summed E-state index contributed by atoms with van der Waals surface area (Å²) in [5.74, 6) is 3.22. The summed E-state index contributed by atoms with van der Waals surface area (Å²) in [5, 5.41) is 7.56. The van der Waals surface area contributed by atoms with Crippen molar-refractivity contribution in [3.8, 4) is 5.75 Å². The number of aromatic nitrogens is 2. The highest BCUT2D eigenvalue weighted by molar-refractivity contribution is 5.42. The fraction of sp³-hybridized carbons (Fsp3) is 0.500. The molecule has 4 rings (SSSR count). The Bertz CT molecular complexity index is 619. The van der Waals surface area contributed by atoms with Crippen LogP contribution in [0.4, 0.5) is 0 Å². The van der Waals surface area contributed by atoms with Gasteiger partial charge in [0, 0.05) is 12.0 Å². The number of para-hydroxylation sites is 1. The van der Waals surface area contributed by atoms with Gasteiger partial charge in [-0.15, -0.1) is 0 Å². The Kier molecular flexibility index (Phi) is 3.35. The van der Waals surface area contributed by atoms with E-state index in [2.05, 4.69) is 21.5 Å². The van der Waals surface area contributed by atoms with Crippen molar-refractivity contribution in [1.82, 2.24) is 15.5 Å². The number of benzene rings is 1. The maximum Gasteiger partial charge on any atom is 0.226 e. The molecule has 0 radical (unpaired) electrons. The number of rotatable bonds is 3. The first-order valence-electron chi connectivity index (χ1n) is 7.65. The normalized spacial score (nSPS) is 22.0. The van der Waals surface area contributed by atoms with Gasteiger partial charge in [0.1, 0.15) is 12.4 Å². The molecule has 2 aliphatic heterocycles. The lowest BCUT2D eigenvalue weighted by Crippen LogP contribution is -2.28. The maximum atomic E-state index is 5.69. The van der Waals surface area contributed by atoms with Crippen LogP contribution in [-0.2, 0) is 6.42 Å². The molecule has 1 N–H and O–H groups in total. The lowest BCUT2D eigenvalue weighted by atomic mass is 9.95. The molecule has 0 amide bonds. The molecule has 1 saturated heterocycles. The number of fused-ring (bicyclic) bond motifs is 1. The van der Waals surface area contributed by atoms with Crippen molar-refractivity contribution < 1.29 is 9.26 Å². The summed E-state index contributed by atoms with van der Waals surface area (Å²) in [4.78, 5) is 4.61. The summed E-state index contributed by atoms with van der Waals surface area (Å²) < 4.78 is 11.2. The van der Waals surface area contributed by atoms with Gasteiger partial charge in [0.15, 0.2) is 5.82 Å². The summed E-state index contributed by atoms with van der Waals surface area (Å²) in [5.41, 5.74) is 1.16. The average Bonchev–Trinajstić information content (AvgIpc) is 3.14. The zero-order valence-corrected chi connectivity index (χ0v) is 11.9. The zero-order valence-electron chi connectivity index (χ0n) is 11.9. The van der Waals surface area contributed by atoms with Crippen LogP contribution in [-0.4, -0.2) is 29.8 Å². The summed E-state index contributed by atoms with van der Waals surface area (Å²) >= 11 is 0. The number of nitrogens with one attached hydrogen (secondary N) is 1. The number of ether oxygens (including phenoxy) is 1. The molecule has 1 aromatic carbocycles. The smallest absolute Gasteiger partial charge is 0.226 e. The van der Waals surface area contributed by atoms with Crippen LogP contribution >= 0.6 is 0 Å². The van der Waals surface area contributed by atoms with E-state index in [1.54, 1.807) is 0 Å². The quantitative estimate of drug-likeness (QED) is 0.936. The minimum atomic E-state index is 0.103. The second kappa shape index (κ2) is 5.48. The Labute approximate surface area is 123 Å². The Morgan fingerprint density at radius 1 is 1.19 bits per heavy atom. The van der Waals surface area contributed by atoms with Crippen LogP contribution in [0, 0.1) is 5.92 Å². The molecule has 2 aromatic rings. The van der Waals surface area contributed by atoms with E-state index in [-0.39, 0.29) is 5.92 Å². The number of piperidine rings is 1. The first-order chi connectivity index (χ1) is 10.4. The van der Waals surface area contributed by atoms with Crippen LogP contribution in [0.5, 0.6) is 5.75 Å². The first kappa shape index (κ1) is 12.8. The first-order valence-corrected chi connectivity index (χ1v) is 7.65. The van der Waals surface area contributed by atoms with Crippen molar-refractivity contribution in [3.63, 3.8) is 0 Å². The van der Waals surface area contributed by atoms with Gasteiger partial charge in [0.2, 0.25) is 5.89 Å². The van der Waals surface area contributed by atoms with Crippen molar-refractivity contribution in [2.45, 2.75) is 25.2 Å². The van der Waals surface area contributed by atoms with Crippen LogP contribution in [0.2, 0.25) is 0 Å². The van der Waals surface area contributed by atoms with Crippen molar-refractivity contribution in [1.29, 1.82) is 0 Å². The summed E-state index contributed by atoms with van der Waals surface area (Å²) in [6.45, 7) is 2.79. The molecule has 0 saturated carbocycles. The van der Waals surface area contributed by atoms with Gasteiger partial charge >= 0.3 is 0 Å². The van der Waals surface area contributed by atoms with Crippen LogP contribution in [0.3, 0.4) is 0 Å². The summed E-state index contributed by atoms with van der Waals surface area (Å²) in [6.07, 6.45) is 3.27. The molecule has 1 atom stereocenters. The third kappa shape index (κ3) is 2.53. The topological polar surface area (TPSA) is 60.2 Å². The Morgan fingerprint density at radius 3 is 2.95 bits per heavy atom. The maximum absolute atomic E-state index is 5.69. The summed E-state index contributed by atoms with van der Waals surface area (Å²) in [7, 11) is 0. The van der Waals surface area contributed by atoms with E-state index in [0.29, 0.717) is 12.5 Å². The Balaban J connectivity index is 1.50. The summed E-state index contributed by atoms with van der Waals surface area (Å²) in [6, 6.07) is 8.08. The van der Waals surface area contributed by atoms with E-state index < -0.39 is 0 Å². The van der Waals surface area contributed by atoms with Gasteiger partial charge in [-0.25, -0.2) is 0 Å². The van der Waals surface area contributed by atoms with Crippen LogP contribution in [0.1, 0.15) is 36.0 Å². The van der Waals surface area contributed by atoms with Crippen LogP contribution < -0.4 is 10.1 Å². The van der Waals surface area contributed by atoms with Crippen molar-refractivity contribution >= 4 is 0 Å². The SMILES string of the molecule is c1ccc2c(c1)OCC2c1noc(CC2CCNCC2)n1. The van der Waals surface area contributed by atoms with E-state index in [1.165, 1.54) is 12.8 Å². The van der Waals surface area contributed by atoms with Crippen molar-refractivity contribution in [3.05, 3.63) is 41.5 Å². The third-order valence-electron chi connectivity index (χ3n) is 4.42. The van der Waals surface area contributed by atoms with Gasteiger partial charge < -0.3 is 14.6 Å². The van der Waals surface area contributed by atoms with Gasteiger partial charge in [0.05, 0.1) is 5.92 Å². The second-order valence-electron chi connectivity index (χ2n) is 5.85. The molecule has 110 valence electrons.